The average Bonchev–Trinajstić information content (AvgIpc) is 3.15. The zero-order chi connectivity index (χ0) is 19.9. The first-order valence-electron chi connectivity index (χ1n) is 9.09. The number of nitrogens with zero attached hydrogens (tertiary/aromatic N) is 4. The summed E-state index contributed by atoms with van der Waals surface area (Å²) in [5.41, 5.74) is 0.817. The Morgan fingerprint density at radius 2 is 2.04 bits per heavy atom. The first-order chi connectivity index (χ1) is 13.5. The van der Waals surface area contributed by atoms with Gasteiger partial charge >= 0.3 is 0 Å². The van der Waals surface area contributed by atoms with Crippen LogP contribution in [0.5, 0.6) is 0 Å². The smallest absolute Gasteiger partial charge is 0.251 e. The third kappa shape index (κ3) is 5.87. The van der Waals surface area contributed by atoms with Crippen molar-refractivity contribution in [2.45, 2.75) is 31.9 Å². The van der Waals surface area contributed by atoms with Crippen LogP contribution in [0.3, 0.4) is 0 Å². The van der Waals surface area contributed by atoms with E-state index in [9.17, 15) is 8.78 Å². The summed E-state index contributed by atoms with van der Waals surface area (Å²) >= 11 is 5.88. The van der Waals surface area contributed by atoms with Crippen molar-refractivity contribution in [1.82, 2.24) is 25.7 Å². The molecule has 1 aromatic heterocycles. The van der Waals surface area contributed by atoms with E-state index in [1.165, 1.54) is 0 Å². The van der Waals surface area contributed by atoms with Gasteiger partial charge in [-0.3, -0.25) is 9.89 Å². The molecule has 0 amide bonds. The Labute approximate surface area is 167 Å². The number of aromatic nitrogens is 2. The van der Waals surface area contributed by atoms with E-state index < -0.39 is 6.43 Å². The number of halogens is 3. The second-order valence-electron chi connectivity index (χ2n) is 6.55. The lowest BCUT2D eigenvalue weighted by Gasteiger charge is -2.32. The molecule has 1 aliphatic rings. The zero-order valence-electron chi connectivity index (χ0n) is 15.5. The first kappa shape index (κ1) is 20.5. The minimum absolute atomic E-state index is 0.160. The number of guanidine groups is 1. The Morgan fingerprint density at radius 3 is 2.68 bits per heavy atom. The molecule has 2 heterocycles. The van der Waals surface area contributed by atoms with Gasteiger partial charge in [0.25, 0.3) is 6.43 Å². The highest BCUT2D eigenvalue weighted by atomic mass is 35.5. The van der Waals surface area contributed by atoms with Crippen molar-refractivity contribution < 1.29 is 13.3 Å². The summed E-state index contributed by atoms with van der Waals surface area (Å²) in [6.07, 6.45) is -0.713. The predicted octanol–water partition coefficient (Wildman–Crippen LogP) is 2.78. The number of benzene rings is 1. The minimum Gasteiger partial charge on any atom is -0.354 e. The first-order valence-corrected chi connectivity index (χ1v) is 9.47. The molecule has 2 N–H and O–H groups in total. The van der Waals surface area contributed by atoms with E-state index in [2.05, 4.69) is 25.8 Å². The van der Waals surface area contributed by atoms with E-state index in [4.69, 9.17) is 16.1 Å². The van der Waals surface area contributed by atoms with Gasteiger partial charge in [0.15, 0.2) is 5.96 Å². The maximum atomic E-state index is 12.5. The quantitative estimate of drug-likeness (QED) is 0.561. The van der Waals surface area contributed by atoms with Crippen LogP contribution in [0.25, 0.3) is 11.4 Å². The van der Waals surface area contributed by atoms with Crippen molar-refractivity contribution in [3.63, 3.8) is 0 Å². The molecule has 7 nitrogen and oxygen atoms in total. The molecule has 1 aliphatic heterocycles. The van der Waals surface area contributed by atoms with Crippen molar-refractivity contribution >= 4 is 17.6 Å². The monoisotopic (exact) mass is 412 g/mol. The summed E-state index contributed by atoms with van der Waals surface area (Å²) in [6.45, 7) is 1.46. The van der Waals surface area contributed by atoms with Crippen LogP contribution >= 0.6 is 11.6 Å². The Kier molecular flexibility index (Phi) is 7.16. The van der Waals surface area contributed by atoms with Crippen molar-refractivity contribution in [3.8, 4) is 11.4 Å². The molecule has 3 rings (SSSR count). The van der Waals surface area contributed by atoms with Crippen molar-refractivity contribution in [2.75, 3.05) is 26.7 Å². The van der Waals surface area contributed by atoms with Gasteiger partial charge in [-0.05, 0) is 37.1 Å². The van der Waals surface area contributed by atoms with E-state index >= 15 is 0 Å². The van der Waals surface area contributed by atoms with Crippen LogP contribution in [0.1, 0.15) is 18.7 Å². The Morgan fingerprint density at radius 1 is 1.32 bits per heavy atom. The fourth-order valence-electron chi connectivity index (χ4n) is 3.05. The molecule has 1 fully saturated rings. The van der Waals surface area contributed by atoms with Crippen LogP contribution in [0.4, 0.5) is 8.78 Å². The van der Waals surface area contributed by atoms with Crippen LogP contribution in [-0.2, 0) is 6.54 Å². The highest BCUT2D eigenvalue weighted by molar-refractivity contribution is 6.30. The Balaban J connectivity index is 1.47. The van der Waals surface area contributed by atoms with Crippen molar-refractivity contribution in [3.05, 3.63) is 35.2 Å². The number of hydrogen-bond donors (Lipinski definition) is 2. The summed E-state index contributed by atoms with van der Waals surface area (Å²) in [4.78, 5) is 10.3. The lowest BCUT2D eigenvalue weighted by atomic mass is 10.1. The van der Waals surface area contributed by atoms with Gasteiger partial charge in [-0.15, -0.1) is 0 Å². The maximum absolute atomic E-state index is 12.5. The van der Waals surface area contributed by atoms with Crippen LogP contribution in [0, 0.1) is 0 Å². The zero-order valence-corrected chi connectivity index (χ0v) is 16.3. The molecule has 0 unspecified atom stereocenters. The lowest BCUT2D eigenvalue weighted by Crippen LogP contribution is -2.49. The topological polar surface area (TPSA) is 78.6 Å². The van der Waals surface area contributed by atoms with Crippen LogP contribution in [-0.4, -0.2) is 60.1 Å². The number of aliphatic imine (C=N–C) groups is 1. The summed E-state index contributed by atoms with van der Waals surface area (Å²) in [5, 5.41) is 11.1. The summed E-state index contributed by atoms with van der Waals surface area (Å²) in [7, 11) is 1.67. The molecule has 28 heavy (non-hydrogen) atoms. The normalized spacial score (nSPS) is 16.5. The van der Waals surface area contributed by atoms with Gasteiger partial charge in [-0.1, -0.05) is 16.8 Å². The van der Waals surface area contributed by atoms with Crippen molar-refractivity contribution in [2.24, 2.45) is 4.99 Å². The molecule has 0 atom stereocenters. The molecule has 0 radical (unpaired) electrons. The highest BCUT2D eigenvalue weighted by Gasteiger charge is 2.22. The van der Waals surface area contributed by atoms with Gasteiger partial charge in [0.05, 0.1) is 13.1 Å². The van der Waals surface area contributed by atoms with Gasteiger partial charge in [-0.2, -0.15) is 4.98 Å². The maximum Gasteiger partial charge on any atom is 0.251 e. The third-order valence-electron chi connectivity index (χ3n) is 4.53. The second-order valence-corrected chi connectivity index (χ2v) is 6.99. The lowest BCUT2D eigenvalue weighted by molar-refractivity contribution is 0.0744. The molecule has 0 spiro atoms. The molecule has 0 saturated carbocycles. The molecule has 10 heteroatoms. The van der Waals surface area contributed by atoms with Crippen LogP contribution < -0.4 is 10.6 Å². The van der Waals surface area contributed by atoms with Gasteiger partial charge < -0.3 is 15.2 Å². The largest absolute Gasteiger partial charge is 0.354 e. The van der Waals surface area contributed by atoms with Gasteiger partial charge in [0.1, 0.15) is 0 Å². The van der Waals surface area contributed by atoms with Crippen LogP contribution in [0.15, 0.2) is 33.8 Å². The Hall–Kier alpha value is -2.26. The average molecular weight is 413 g/mol. The van der Waals surface area contributed by atoms with E-state index in [1.54, 1.807) is 24.1 Å². The summed E-state index contributed by atoms with van der Waals surface area (Å²) in [5.74, 6) is 1.53. The minimum atomic E-state index is -2.29. The number of piperidine rings is 1. The fraction of sp³-hybridized carbons (Fsp3) is 0.500. The fourth-order valence-corrected chi connectivity index (χ4v) is 3.17. The van der Waals surface area contributed by atoms with E-state index in [-0.39, 0.29) is 12.6 Å². The predicted molar refractivity (Wildman–Crippen MR) is 104 cm³/mol. The SMILES string of the molecule is CN=C(NCc1nc(-c2ccc(Cl)cc2)no1)NC1CCN(CC(F)F)CC1. The van der Waals surface area contributed by atoms with E-state index in [1.807, 2.05) is 12.1 Å². The number of alkyl halides is 2. The van der Waals surface area contributed by atoms with Gasteiger partial charge in [-0.25, -0.2) is 8.78 Å². The van der Waals surface area contributed by atoms with E-state index in [0.29, 0.717) is 42.3 Å². The van der Waals surface area contributed by atoms with Gasteiger partial charge in [0, 0.05) is 36.8 Å². The van der Waals surface area contributed by atoms with E-state index in [0.717, 1.165) is 18.4 Å². The number of rotatable bonds is 6. The Bertz CT molecular complexity index is 775. The number of hydrogen-bond acceptors (Lipinski definition) is 5. The van der Waals surface area contributed by atoms with Crippen molar-refractivity contribution in [1.29, 1.82) is 0 Å². The summed E-state index contributed by atoms with van der Waals surface area (Å²) < 4.78 is 30.2. The number of nitrogens with one attached hydrogen (secondary N) is 2. The summed E-state index contributed by atoms with van der Waals surface area (Å²) in [6, 6.07) is 7.37. The molecule has 1 aromatic carbocycles. The molecule has 0 bridgehead atoms. The molecule has 152 valence electrons. The highest BCUT2D eigenvalue weighted by Crippen LogP contribution is 2.18. The third-order valence-corrected chi connectivity index (χ3v) is 4.78. The molecular weight excluding hydrogens is 390 g/mol. The molecular formula is C18H23ClF2N6O. The molecule has 1 saturated heterocycles. The molecule has 0 aliphatic carbocycles. The standard InChI is InChI=1S/C18H23ClF2N6O/c1-22-18(24-14-6-8-27(9-7-14)11-15(20)21)23-10-16-25-17(26-28-16)12-2-4-13(19)5-3-12/h2-5,14-15H,6-11H2,1H3,(H2,22,23,24). The number of likely N-dealkylation sites (tertiary alicyclic amines) is 1. The second kappa shape index (κ2) is 9.79. The van der Waals surface area contributed by atoms with Gasteiger partial charge in [0.2, 0.25) is 11.7 Å². The molecule has 2 aromatic rings. The van der Waals surface area contributed by atoms with Crippen LogP contribution in [0.2, 0.25) is 5.02 Å².